The van der Waals surface area contributed by atoms with Crippen molar-refractivity contribution in [1.82, 2.24) is 15.0 Å². The fourth-order valence-corrected chi connectivity index (χ4v) is 4.71. The molecule has 0 saturated carbocycles. The quantitative estimate of drug-likeness (QED) is 0.711. The molecule has 28 heavy (non-hydrogen) atoms. The number of aliphatic carboxylic acids is 1. The van der Waals surface area contributed by atoms with Crippen molar-refractivity contribution in [3.05, 3.63) is 57.1 Å². The Balaban J connectivity index is 1.92. The average molecular weight is 379 g/mol. The van der Waals surface area contributed by atoms with Crippen LogP contribution in [0.5, 0.6) is 0 Å². The normalized spacial score (nSPS) is 14.4. The van der Waals surface area contributed by atoms with Gasteiger partial charge in [0, 0.05) is 13.0 Å². The highest BCUT2D eigenvalue weighted by molar-refractivity contribution is 5.83. The summed E-state index contributed by atoms with van der Waals surface area (Å²) in [5.74, 6) is -1.13. The number of nitrogens with zero attached hydrogens (tertiary/aromatic N) is 3. The molecule has 2 N–H and O–H groups in total. The van der Waals surface area contributed by atoms with Gasteiger partial charge in [-0.15, -0.1) is 5.10 Å². The molecule has 0 unspecified atom stereocenters. The Morgan fingerprint density at radius 3 is 2.75 bits per heavy atom. The molecule has 0 radical (unpaired) electrons. The molecule has 4 rings (SSSR count). The molecule has 1 aliphatic rings. The zero-order chi connectivity index (χ0) is 20.0. The maximum absolute atomic E-state index is 11.7. The standard InChI is InChI=1S/C22H25N3O3/c1-12-7-18(13(2)21-22(12)25(3)24-23-21)19(10-20(27)28)15-8-14-5-4-6-17(14)16(9-15)11-26/h7-9,19,26H,4-6,10-11H2,1-3H3,(H,27,28)/t19-/m0/s1. The Kier molecular flexibility index (Phi) is 4.67. The number of carboxylic acid groups (broad SMARTS) is 1. The van der Waals surface area contributed by atoms with Crippen LogP contribution in [-0.2, 0) is 31.3 Å². The largest absolute Gasteiger partial charge is 0.481 e. The number of rotatable bonds is 5. The second-order valence-electron chi connectivity index (χ2n) is 7.80. The topological polar surface area (TPSA) is 88.2 Å². The van der Waals surface area contributed by atoms with Gasteiger partial charge in [0.25, 0.3) is 0 Å². The number of fused-ring (bicyclic) bond motifs is 2. The van der Waals surface area contributed by atoms with Gasteiger partial charge in [0.05, 0.1) is 18.5 Å². The first kappa shape index (κ1) is 18.6. The number of carboxylic acids is 1. The molecule has 6 heteroatoms. The monoisotopic (exact) mass is 379 g/mol. The van der Waals surface area contributed by atoms with Crippen LogP contribution in [0.25, 0.3) is 11.0 Å². The van der Waals surface area contributed by atoms with Gasteiger partial charge in [-0.1, -0.05) is 23.4 Å². The van der Waals surface area contributed by atoms with Crippen LogP contribution in [0.1, 0.15) is 57.7 Å². The molecule has 1 aliphatic carbocycles. The van der Waals surface area contributed by atoms with Crippen LogP contribution in [0.15, 0.2) is 18.2 Å². The van der Waals surface area contributed by atoms with Crippen molar-refractivity contribution >= 4 is 17.0 Å². The summed E-state index contributed by atoms with van der Waals surface area (Å²) in [5.41, 5.74) is 9.11. The number of aliphatic hydroxyl groups is 1. The number of carbonyl (C=O) groups is 1. The van der Waals surface area contributed by atoms with E-state index in [4.69, 9.17) is 0 Å². The molecule has 0 amide bonds. The van der Waals surface area contributed by atoms with Crippen molar-refractivity contribution in [3.8, 4) is 0 Å². The summed E-state index contributed by atoms with van der Waals surface area (Å²) in [7, 11) is 1.87. The van der Waals surface area contributed by atoms with Crippen LogP contribution in [0.4, 0.5) is 0 Å². The zero-order valence-electron chi connectivity index (χ0n) is 16.5. The van der Waals surface area contributed by atoms with E-state index in [2.05, 4.69) is 22.4 Å². The van der Waals surface area contributed by atoms with Gasteiger partial charge in [0.15, 0.2) is 0 Å². The second kappa shape index (κ2) is 7.02. The second-order valence-corrected chi connectivity index (χ2v) is 7.80. The van der Waals surface area contributed by atoms with Gasteiger partial charge in [0.1, 0.15) is 5.52 Å². The summed E-state index contributed by atoms with van der Waals surface area (Å²) >= 11 is 0. The number of hydrogen-bond acceptors (Lipinski definition) is 4. The van der Waals surface area contributed by atoms with E-state index >= 15 is 0 Å². The Labute approximate surface area is 163 Å². The third kappa shape index (κ3) is 2.98. The first-order chi connectivity index (χ1) is 13.4. The van der Waals surface area contributed by atoms with E-state index in [1.54, 1.807) is 4.68 Å². The van der Waals surface area contributed by atoms with Gasteiger partial charge in [-0.2, -0.15) is 0 Å². The van der Waals surface area contributed by atoms with Crippen LogP contribution in [0.3, 0.4) is 0 Å². The molecular weight excluding hydrogens is 354 g/mol. The zero-order valence-corrected chi connectivity index (χ0v) is 16.5. The van der Waals surface area contributed by atoms with Gasteiger partial charge >= 0.3 is 5.97 Å². The Morgan fingerprint density at radius 1 is 1.25 bits per heavy atom. The maximum Gasteiger partial charge on any atom is 0.304 e. The van der Waals surface area contributed by atoms with Gasteiger partial charge in [-0.25, -0.2) is 4.68 Å². The highest BCUT2D eigenvalue weighted by atomic mass is 16.4. The van der Waals surface area contributed by atoms with E-state index in [0.29, 0.717) is 0 Å². The first-order valence-corrected chi connectivity index (χ1v) is 9.67. The lowest BCUT2D eigenvalue weighted by molar-refractivity contribution is -0.137. The first-order valence-electron chi connectivity index (χ1n) is 9.67. The smallest absolute Gasteiger partial charge is 0.304 e. The third-order valence-electron chi connectivity index (χ3n) is 6.02. The summed E-state index contributed by atoms with van der Waals surface area (Å²) in [6.07, 6.45) is 3.05. The van der Waals surface area contributed by atoms with Crippen molar-refractivity contribution in [3.63, 3.8) is 0 Å². The van der Waals surface area contributed by atoms with Gasteiger partial charge in [-0.3, -0.25) is 4.79 Å². The van der Waals surface area contributed by atoms with Crippen LogP contribution < -0.4 is 0 Å². The molecule has 146 valence electrons. The molecule has 0 spiro atoms. The third-order valence-corrected chi connectivity index (χ3v) is 6.02. The summed E-state index contributed by atoms with van der Waals surface area (Å²) < 4.78 is 1.76. The lowest BCUT2D eigenvalue weighted by atomic mass is 9.82. The summed E-state index contributed by atoms with van der Waals surface area (Å²) in [6.45, 7) is 3.98. The van der Waals surface area contributed by atoms with E-state index < -0.39 is 5.97 Å². The number of aryl methyl sites for hydroxylation is 4. The molecule has 0 fully saturated rings. The fraction of sp³-hybridized carbons (Fsp3) is 0.409. The summed E-state index contributed by atoms with van der Waals surface area (Å²) in [5, 5.41) is 27.9. The van der Waals surface area contributed by atoms with E-state index in [9.17, 15) is 15.0 Å². The minimum Gasteiger partial charge on any atom is -0.481 e. The molecule has 6 nitrogen and oxygen atoms in total. The molecule has 1 atom stereocenters. The Morgan fingerprint density at radius 2 is 2.04 bits per heavy atom. The van der Waals surface area contributed by atoms with E-state index in [1.807, 2.05) is 27.0 Å². The van der Waals surface area contributed by atoms with Crippen molar-refractivity contribution in [2.24, 2.45) is 7.05 Å². The predicted octanol–water partition coefficient (Wildman–Crippen LogP) is 3.17. The Hall–Kier alpha value is -2.73. The number of benzene rings is 2. The van der Waals surface area contributed by atoms with Crippen molar-refractivity contribution in [1.29, 1.82) is 0 Å². The molecule has 0 saturated heterocycles. The minimum atomic E-state index is -0.840. The van der Waals surface area contributed by atoms with Crippen molar-refractivity contribution < 1.29 is 15.0 Å². The minimum absolute atomic E-state index is 0.00426. The molecule has 1 aromatic heterocycles. The SMILES string of the molecule is Cc1c([C@@H](CC(=O)O)c2cc(CO)c3c(c2)CCC3)cc(C)c2c1nnn2C. The molecule has 3 aromatic rings. The highest BCUT2D eigenvalue weighted by Crippen LogP contribution is 2.37. The molecule has 2 aromatic carbocycles. The fourth-order valence-electron chi connectivity index (χ4n) is 4.71. The van der Waals surface area contributed by atoms with Crippen LogP contribution >= 0.6 is 0 Å². The van der Waals surface area contributed by atoms with E-state index in [0.717, 1.165) is 58.1 Å². The van der Waals surface area contributed by atoms with Crippen molar-refractivity contribution in [2.75, 3.05) is 0 Å². The van der Waals surface area contributed by atoms with Crippen LogP contribution in [0, 0.1) is 13.8 Å². The highest BCUT2D eigenvalue weighted by Gasteiger charge is 2.26. The molecule has 0 aliphatic heterocycles. The summed E-state index contributed by atoms with van der Waals surface area (Å²) in [4.78, 5) is 11.7. The molecular formula is C22H25N3O3. The van der Waals surface area contributed by atoms with Gasteiger partial charge in [0.2, 0.25) is 0 Å². The van der Waals surface area contributed by atoms with Crippen molar-refractivity contribution in [2.45, 2.75) is 52.1 Å². The lowest BCUT2D eigenvalue weighted by Crippen LogP contribution is -2.12. The maximum atomic E-state index is 11.7. The van der Waals surface area contributed by atoms with Gasteiger partial charge < -0.3 is 10.2 Å². The lowest BCUT2D eigenvalue weighted by Gasteiger charge is -2.22. The van der Waals surface area contributed by atoms with E-state index in [-0.39, 0.29) is 18.9 Å². The number of aliphatic hydroxyl groups excluding tert-OH is 1. The van der Waals surface area contributed by atoms with Crippen LogP contribution in [0.2, 0.25) is 0 Å². The summed E-state index contributed by atoms with van der Waals surface area (Å²) in [6, 6.07) is 6.21. The Bertz CT molecular complexity index is 1080. The van der Waals surface area contributed by atoms with Gasteiger partial charge in [-0.05, 0) is 72.1 Å². The van der Waals surface area contributed by atoms with Crippen LogP contribution in [-0.4, -0.2) is 31.2 Å². The molecule has 0 bridgehead atoms. The predicted molar refractivity (Wildman–Crippen MR) is 106 cm³/mol. The number of hydrogen-bond donors (Lipinski definition) is 2. The average Bonchev–Trinajstić information content (AvgIpc) is 3.28. The van der Waals surface area contributed by atoms with E-state index in [1.165, 1.54) is 11.1 Å². The molecule has 1 heterocycles. The number of aromatic nitrogens is 3.